The van der Waals surface area contributed by atoms with Crippen molar-refractivity contribution >= 4 is 17.5 Å². The zero-order chi connectivity index (χ0) is 15.2. The van der Waals surface area contributed by atoms with Gasteiger partial charge in [0, 0.05) is 13.1 Å². The molecule has 0 saturated carbocycles. The number of benzene rings is 2. The van der Waals surface area contributed by atoms with E-state index in [0.717, 1.165) is 16.7 Å². The third-order valence-electron chi connectivity index (χ3n) is 3.60. The lowest BCUT2D eigenvalue weighted by molar-refractivity contribution is -0.130. The number of hydrogen-bond donors (Lipinski definition) is 0. The smallest absolute Gasteiger partial charge is 0.245 e. The van der Waals surface area contributed by atoms with Crippen molar-refractivity contribution in [3.8, 4) is 11.1 Å². The lowest BCUT2D eigenvalue weighted by Gasteiger charge is -2.22. The number of carbonyl (C=O) groups is 1. The third-order valence-corrected chi connectivity index (χ3v) is 4.04. The van der Waals surface area contributed by atoms with Crippen LogP contribution in [-0.4, -0.2) is 23.9 Å². The predicted octanol–water partition coefficient (Wildman–Crippen LogP) is 4.50. The first kappa shape index (κ1) is 15.6. The number of carbonyl (C=O) groups excluding carboxylic acids is 1. The van der Waals surface area contributed by atoms with Crippen LogP contribution in [-0.2, 0) is 4.79 Å². The summed E-state index contributed by atoms with van der Waals surface area (Å²) in [6.07, 6.45) is 0. The summed E-state index contributed by atoms with van der Waals surface area (Å²) in [5, 5.41) is -0.616. The van der Waals surface area contributed by atoms with Gasteiger partial charge < -0.3 is 4.90 Å². The minimum Gasteiger partial charge on any atom is -0.342 e. The van der Waals surface area contributed by atoms with E-state index in [4.69, 9.17) is 11.6 Å². The molecule has 0 N–H and O–H groups in total. The Kier molecular flexibility index (Phi) is 5.40. The Morgan fingerprint density at radius 1 is 0.952 bits per heavy atom. The van der Waals surface area contributed by atoms with Crippen molar-refractivity contribution < 1.29 is 4.79 Å². The van der Waals surface area contributed by atoms with E-state index in [1.807, 2.05) is 56.3 Å². The highest BCUT2D eigenvalue weighted by molar-refractivity contribution is 6.30. The highest BCUT2D eigenvalue weighted by Crippen LogP contribution is 2.26. The fourth-order valence-corrected chi connectivity index (χ4v) is 2.60. The van der Waals surface area contributed by atoms with Crippen LogP contribution in [0.5, 0.6) is 0 Å². The molecule has 2 nitrogen and oxygen atoms in total. The highest BCUT2D eigenvalue weighted by Gasteiger charge is 2.21. The van der Waals surface area contributed by atoms with Gasteiger partial charge in [-0.05, 0) is 30.5 Å². The average molecular weight is 302 g/mol. The van der Waals surface area contributed by atoms with Gasteiger partial charge in [-0.2, -0.15) is 0 Å². The molecule has 0 saturated heterocycles. The first-order chi connectivity index (χ1) is 10.2. The Balaban J connectivity index is 2.17. The molecular formula is C18H20ClNO. The van der Waals surface area contributed by atoms with E-state index in [0.29, 0.717) is 13.1 Å². The lowest BCUT2D eigenvalue weighted by Crippen LogP contribution is -2.33. The van der Waals surface area contributed by atoms with Crippen LogP contribution in [0.4, 0.5) is 0 Å². The van der Waals surface area contributed by atoms with E-state index in [2.05, 4.69) is 12.1 Å². The molecule has 0 bridgehead atoms. The third kappa shape index (κ3) is 3.64. The topological polar surface area (TPSA) is 20.3 Å². The maximum Gasteiger partial charge on any atom is 0.245 e. The second kappa shape index (κ2) is 7.28. The minimum atomic E-state index is -0.616. The molecule has 110 valence electrons. The molecule has 0 aliphatic heterocycles. The Labute approximate surface area is 131 Å². The Bertz CT molecular complexity index is 576. The zero-order valence-corrected chi connectivity index (χ0v) is 13.2. The number of hydrogen-bond acceptors (Lipinski definition) is 1. The van der Waals surface area contributed by atoms with Gasteiger partial charge in [-0.3, -0.25) is 4.79 Å². The Hall–Kier alpha value is -1.80. The number of halogens is 1. The van der Waals surface area contributed by atoms with Crippen LogP contribution in [0.3, 0.4) is 0 Å². The molecule has 1 atom stereocenters. The second-order valence-corrected chi connectivity index (χ2v) is 5.30. The van der Waals surface area contributed by atoms with E-state index >= 15 is 0 Å². The largest absolute Gasteiger partial charge is 0.342 e. The van der Waals surface area contributed by atoms with E-state index < -0.39 is 5.38 Å². The molecule has 0 aliphatic rings. The first-order valence-corrected chi connectivity index (χ1v) is 7.69. The summed E-state index contributed by atoms with van der Waals surface area (Å²) in [7, 11) is 0. The van der Waals surface area contributed by atoms with E-state index in [1.54, 1.807) is 4.90 Å². The molecule has 1 unspecified atom stereocenters. The molecule has 0 radical (unpaired) electrons. The van der Waals surface area contributed by atoms with Crippen LogP contribution in [0.2, 0.25) is 0 Å². The van der Waals surface area contributed by atoms with Gasteiger partial charge in [-0.15, -0.1) is 11.6 Å². The predicted molar refractivity (Wildman–Crippen MR) is 88.4 cm³/mol. The highest BCUT2D eigenvalue weighted by atomic mass is 35.5. The van der Waals surface area contributed by atoms with Crippen LogP contribution in [0.25, 0.3) is 11.1 Å². The van der Waals surface area contributed by atoms with Crippen molar-refractivity contribution in [1.29, 1.82) is 0 Å². The van der Waals surface area contributed by atoms with Gasteiger partial charge >= 0.3 is 0 Å². The molecule has 0 fully saturated rings. The van der Waals surface area contributed by atoms with E-state index in [9.17, 15) is 4.79 Å². The van der Waals surface area contributed by atoms with Gasteiger partial charge in [0.15, 0.2) is 0 Å². The molecule has 1 amide bonds. The van der Waals surface area contributed by atoms with Gasteiger partial charge in [0.2, 0.25) is 5.91 Å². The summed E-state index contributed by atoms with van der Waals surface area (Å²) >= 11 is 6.32. The molecule has 2 aromatic rings. The molecule has 2 rings (SSSR count). The van der Waals surface area contributed by atoms with E-state index in [1.165, 1.54) is 0 Å². The van der Waals surface area contributed by atoms with Crippen molar-refractivity contribution in [2.45, 2.75) is 19.2 Å². The van der Waals surface area contributed by atoms with Crippen LogP contribution >= 0.6 is 11.6 Å². The number of nitrogens with zero attached hydrogens (tertiary/aromatic N) is 1. The summed E-state index contributed by atoms with van der Waals surface area (Å²) in [5.41, 5.74) is 3.12. The fraction of sp³-hybridized carbons (Fsp3) is 0.278. The second-order valence-electron chi connectivity index (χ2n) is 4.86. The summed E-state index contributed by atoms with van der Waals surface area (Å²) in [5.74, 6) is -0.0332. The SMILES string of the molecule is CCN(CC)C(=O)C(Cl)c1ccc(-c2ccccc2)cc1. The van der Waals surface area contributed by atoms with Crippen LogP contribution in [0.15, 0.2) is 54.6 Å². The van der Waals surface area contributed by atoms with Crippen molar-refractivity contribution in [3.05, 3.63) is 60.2 Å². The number of alkyl halides is 1. The summed E-state index contributed by atoms with van der Waals surface area (Å²) in [6.45, 7) is 5.29. The summed E-state index contributed by atoms with van der Waals surface area (Å²) in [4.78, 5) is 14.0. The molecule has 2 aromatic carbocycles. The number of amides is 1. The molecule has 0 heterocycles. The standard InChI is InChI=1S/C18H20ClNO/c1-3-20(4-2)18(21)17(19)16-12-10-15(11-13-16)14-8-6-5-7-9-14/h5-13,17H,3-4H2,1-2H3. The van der Waals surface area contributed by atoms with Crippen LogP contribution in [0, 0.1) is 0 Å². The molecule has 0 aromatic heterocycles. The zero-order valence-electron chi connectivity index (χ0n) is 12.4. The van der Waals surface area contributed by atoms with Gasteiger partial charge in [-0.25, -0.2) is 0 Å². The lowest BCUT2D eigenvalue weighted by atomic mass is 10.0. The van der Waals surface area contributed by atoms with Gasteiger partial charge in [0.1, 0.15) is 5.38 Å². The maximum atomic E-state index is 12.3. The summed E-state index contributed by atoms with van der Waals surface area (Å²) < 4.78 is 0. The average Bonchev–Trinajstić information content (AvgIpc) is 2.56. The first-order valence-electron chi connectivity index (χ1n) is 7.25. The molecular weight excluding hydrogens is 282 g/mol. The maximum absolute atomic E-state index is 12.3. The molecule has 0 spiro atoms. The minimum absolute atomic E-state index is 0.0332. The van der Waals surface area contributed by atoms with Gasteiger partial charge in [0.05, 0.1) is 0 Å². The van der Waals surface area contributed by atoms with E-state index in [-0.39, 0.29) is 5.91 Å². The Morgan fingerprint density at radius 3 is 2.00 bits per heavy atom. The van der Waals surface area contributed by atoms with Crippen molar-refractivity contribution in [2.24, 2.45) is 0 Å². The number of rotatable bonds is 5. The van der Waals surface area contributed by atoms with Gasteiger partial charge in [-0.1, -0.05) is 54.6 Å². The van der Waals surface area contributed by atoms with Gasteiger partial charge in [0.25, 0.3) is 0 Å². The molecule has 0 aliphatic carbocycles. The van der Waals surface area contributed by atoms with Crippen molar-refractivity contribution in [1.82, 2.24) is 4.90 Å². The van der Waals surface area contributed by atoms with Crippen LogP contribution < -0.4 is 0 Å². The van der Waals surface area contributed by atoms with Crippen molar-refractivity contribution in [3.63, 3.8) is 0 Å². The monoisotopic (exact) mass is 301 g/mol. The summed E-state index contributed by atoms with van der Waals surface area (Å²) in [6, 6.07) is 18.0. The normalized spacial score (nSPS) is 12.0. The molecule has 21 heavy (non-hydrogen) atoms. The quantitative estimate of drug-likeness (QED) is 0.745. The molecule has 3 heteroatoms. The van der Waals surface area contributed by atoms with Crippen LogP contribution in [0.1, 0.15) is 24.8 Å². The number of likely N-dealkylation sites (N-methyl/N-ethyl adjacent to an activating group) is 1. The van der Waals surface area contributed by atoms with Crippen molar-refractivity contribution in [2.75, 3.05) is 13.1 Å². The fourth-order valence-electron chi connectivity index (χ4n) is 2.31. The Morgan fingerprint density at radius 2 is 1.48 bits per heavy atom.